The van der Waals surface area contributed by atoms with Gasteiger partial charge in [0, 0.05) is 12.1 Å². The Labute approximate surface area is 126 Å². The van der Waals surface area contributed by atoms with E-state index in [2.05, 4.69) is 4.98 Å². The van der Waals surface area contributed by atoms with E-state index in [1.54, 1.807) is 12.1 Å². The normalized spacial score (nSPS) is 17.2. The highest BCUT2D eigenvalue weighted by Crippen LogP contribution is 2.34. The van der Waals surface area contributed by atoms with Gasteiger partial charge in [-0.3, -0.25) is 9.78 Å². The van der Waals surface area contributed by atoms with Crippen molar-refractivity contribution in [1.29, 1.82) is 0 Å². The first-order valence-corrected chi connectivity index (χ1v) is 7.15. The fourth-order valence-corrected chi connectivity index (χ4v) is 3.05. The van der Waals surface area contributed by atoms with Crippen molar-refractivity contribution in [2.24, 2.45) is 0 Å². The molecule has 2 aromatic carbocycles. The number of H-pyrrole nitrogens is 1. The first-order valence-electron chi connectivity index (χ1n) is 7.15. The number of rotatable bonds is 2. The van der Waals surface area contributed by atoms with Gasteiger partial charge in [0.2, 0.25) is 0 Å². The van der Waals surface area contributed by atoms with Gasteiger partial charge < -0.3 is 9.32 Å². The maximum atomic E-state index is 12.5. The highest BCUT2D eigenvalue weighted by Gasteiger charge is 2.33. The molecule has 5 nitrogen and oxygen atoms in total. The van der Waals surface area contributed by atoms with E-state index in [-0.39, 0.29) is 11.9 Å². The van der Waals surface area contributed by atoms with Crippen LogP contribution in [0.3, 0.4) is 0 Å². The molecule has 0 saturated carbocycles. The van der Waals surface area contributed by atoms with Gasteiger partial charge in [0.1, 0.15) is 0 Å². The second-order valence-electron chi connectivity index (χ2n) is 5.54. The number of aromatic nitrogens is 1. The highest BCUT2D eigenvalue weighted by molar-refractivity contribution is 5.99. The third kappa shape index (κ3) is 1.86. The van der Waals surface area contributed by atoms with Crippen LogP contribution in [0.15, 0.2) is 51.7 Å². The number of carbonyl (C=O) groups is 1. The van der Waals surface area contributed by atoms with E-state index in [4.69, 9.17) is 4.42 Å². The van der Waals surface area contributed by atoms with Crippen LogP contribution in [0.1, 0.15) is 34.5 Å². The Morgan fingerprint density at radius 2 is 2.00 bits per heavy atom. The van der Waals surface area contributed by atoms with Gasteiger partial charge >= 0.3 is 5.76 Å². The summed E-state index contributed by atoms with van der Waals surface area (Å²) >= 11 is 0. The third-order valence-corrected chi connectivity index (χ3v) is 4.21. The van der Waals surface area contributed by atoms with Crippen molar-refractivity contribution < 1.29 is 9.21 Å². The topological polar surface area (TPSA) is 66.3 Å². The summed E-state index contributed by atoms with van der Waals surface area (Å²) in [6, 6.07) is 13.2. The molecule has 0 spiro atoms. The van der Waals surface area contributed by atoms with Gasteiger partial charge in [0.15, 0.2) is 5.58 Å². The largest absolute Gasteiger partial charge is 0.417 e. The number of hydrogen-bond acceptors (Lipinski definition) is 3. The average molecular weight is 294 g/mol. The summed E-state index contributed by atoms with van der Waals surface area (Å²) in [5, 5.41) is 0. The summed E-state index contributed by atoms with van der Waals surface area (Å²) in [7, 11) is 0. The Hall–Kier alpha value is -2.82. The first-order chi connectivity index (χ1) is 10.6. The Morgan fingerprint density at radius 3 is 2.82 bits per heavy atom. The molecule has 22 heavy (non-hydrogen) atoms. The number of hydrogen-bond donors (Lipinski definition) is 1. The number of benzene rings is 2. The van der Waals surface area contributed by atoms with Gasteiger partial charge in [-0.15, -0.1) is 0 Å². The smallest absolute Gasteiger partial charge is 0.408 e. The summed E-state index contributed by atoms with van der Waals surface area (Å²) in [6.07, 6.45) is 0. The van der Waals surface area contributed by atoms with E-state index < -0.39 is 5.76 Å². The number of oxazole rings is 1. The summed E-state index contributed by atoms with van der Waals surface area (Å²) in [5.74, 6) is -0.427. The van der Waals surface area contributed by atoms with Crippen LogP contribution in [0.25, 0.3) is 11.1 Å². The number of nitrogens with zero attached hydrogens (tertiary/aromatic N) is 1. The molecule has 0 fully saturated rings. The average Bonchev–Trinajstić information content (AvgIpc) is 3.00. The molecule has 0 radical (unpaired) electrons. The van der Waals surface area contributed by atoms with Crippen LogP contribution in [0.5, 0.6) is 0 Å². The molecule has 4 rings (SSSR count). The Balaban J connectivity index is 1.68. The molecule has 0 aliphatic carbocycles. The summed E-state index contributed by atoms with van der Waals surface area (Å²) in [6.45, 7) is 2.51. The Bertz CT molecular complexity index is 938. The van der Waals surface area contributed by atoms with E-state index in [1.165, 1.54) is 0 Å². The molecular formula is C17H14N2O3. The van der Waals surface area contributed by atoms with Crippen molar-refractivity contribution in [1.82, 2.24) is 9.88 Å². The van der Waals surface area contributed by atoms with Gasteiger partial charge in [0.05, 0.1) is 11.6 Å². The lowest BCUT2D eigenvalue weighted by atomic mass is 10.1. The minimum absolute atomic E-state index is 0.0395. The zero-order valence-corrected chi connectivity index (χ0v) is 12.0. The minimum Gasteiger partial charge on any atom is -0.408 e. The Kier molecular flexibility index (Phi) is 2.69. The van der Waals surface area contributed by atoms with Crippen LogP contribution in [-0.4, -0.2) is 15.8 Å². The van der Waals surface area contributed by atoms with E-state index in [0.717, 1.165) is 16.7 Å². The van der Waals surface area contributed by atoms with Gasteiger partial charge in [-0.25, -0.2) is 4.79 Å². The van der Waals surface area contributed by atoms with E-state index in [0.29, 0.717) is 17.6 Å². The van der Waals surface area contributed by atoms with Crippen molar-refractivity contribution in [3.8, 4) is 0 Å². The zero-order valence-electron chi connectivity index (χ0n) is 12.0. The number of fused-ring (bicyclic) bond motifs is 2. The fourth-order valence-electron chi connectivity index (χ4n) is 3.05. The van der Waals surface area contributed by atoms with Crippen LogP contribution >= 0.6 is 0 Å². The molecule has 1 aromatic heterocycles. The molecule has 0 saturated heterocycles. The van der Waals surface area contributed by atoms with Crippen LogP contribution in [-0.2, 0) is 6.54 Å². The molecule has 1 amide bonds. The first kappa shape index (κ1) is 12.9. The predicted molar refractivity (Wildman–Crippen MR) is 81.6 cm³/mol. The van der Waals surface area contributed by atoms with Crippen LogP contribution in [0, 0.1) is 0 Å². The number of aromatic amines is 1. The van der Waals surface area contributed by atoms with Crippen LogP contribution in [0.2, 0.25) is 0 Å². The summed E-state index contributed by atoms with van der Waals surface area (Å²) < 4.78 is 5.07. The quantitative estimate of drug-likeness (QED) is 0.790. The lowest BCUT2D eigenvalue weighted by Gasteiger charge is -2.22. The molecule has 1 atom stereocenters. The lowest BCUT2D eigenvalue weighted by Crippen LogP contribution is -2.26. The van der Waals surface area contributed by atoms with Crippen molar-refractivity contribution in [2.75, 3.05) is 0 Å². The molecule has 1 aliphatic heterocycles. The molecule has 2 heterocycles. The molecular weight excluding hydrogens is 280 g/mol. The third-order valence-electron chi connectivity index (χ3n) is 4.21. The van der Waals surface area contributed by atoms with Crippen molar-refractivity contribution in [3.63, 3.8) is 0 Å². The van der Waals surface area contributed by atoms with Gasteiger partial charge in [-0.1, -0.05) is 24.3 Å². The predicted octanol–water partition coefficient (Wildman–Crippen LogP) is 2.84. The fraction of sp³-hybridized carbons (Fsp3) is 0.176. The maximum absolute atomic E-state index is 12.5. The van der Waals surface area contributed by atoms with Crippen LogP contribution in [0.4, 0.5) is 0 Å². The molecule has 0 bridgehead atoms. The van der Waals surface area contributed by atoms with Crippen LogP contribution < -0.4 is 5.76 Å². The summed E-state index contributed by atoms with van der Waals surface area (Å²) in [4.78, 5) is 28.2. The van der Waals surface area contributed by atoms with Gasteiger partial charge in [0.25, 0.3) is 5.91 Å². The molecule has 1 N–H and O–H groups in total. The zero-order chi connectivity index (χ0) is 15.3. The van der Waals surface area contributed by atoms with Crippen molar-refractivity contribution >= 4 is 17.0 Å². The number of nitrogens with one attached hydrogen (secondary N) is 1. The number of carbonyl (C=O) groups excluding carboxylic acids is 1. The minimum atomic E-state index is -0.467. The molecule has 110 valence electrons. The van der Waals surface area contributed by atoms with Gasteiger partial charge in [-0.2, -0.15) is 0 Å². The monoisotopic (exact) mass is 294 g/mol. The molecule has 5 heteroatoms. The van der Waals surface area contributed by atoms with E-state index >= 15 is 0 Å². The highest BCUT2D eigenvalue weighted by atomic mass is 16.4. The standard InChI is InChI=1S/C17H14N2O3/c1-10-12-4-2-3-5-13(12)16(20)19(10)9-11-6-7-14-15(8-11)22-17(21)18-14/h2-8,10H,9H2,1H3,(H,18,21). The SMILES string of the molecule is CC1c2ccccc2C(=O)N1Cc1ccc2[nH]c(=O)oc2c1. The van der Waals surface area contributed by atoms with E-state index in [9.17, 15) is 9.59 Å². The molecule has 1 unspecified atom stereocenters. The second kappa shape index (κ2) is 4.59. The van der Waals surface area contributed by atoms with Crippen molar-refractivity contribution in [2.45, 2.75) is 19.5 Å². The maximum Gasteiger partial charge on any atom is 0.417 e. The number of amides is 1. The molecule has 1 aliphatic rings. The summed E-state index contributed by atoms with van der Waals surface area (Å²) in [5.41, 5.74) is 3.94. The van der Waals surface area contributed by atoms with E-state index in [1.807, 2.05) is 42.2 Å². The lowest BCUT2D eigenvalue weighted by molar-refractivity contribution is 0.0723. The van der Waals surface area contributed by atoms with Gasteiger partial charge in [-0.05, 0) is 36.2 Å². The van der Waals surface area contributed by atoms with Crippen molar-refractivity contribution in [3.05, 3.63) is 69.7 Å². The Morgan fingerprint density at radius 1 is 1.18 bits per heavy atom. The second-order valence-corrected chi connectivity index (χ2v) is 5.54. The molecule has 3 aromatic rings.